The van der Waals surface area contributed by atoms with E-state index in [2.05, 4.69) is 11.4 Å². The average Bonchev–Trinajstić information content (AvgIpc) is 2.62. The zero-order valence-corrected chi connectivity index (χ0v) is 8.12. The van der Waals surface area contributed by atoms with Crippen molar-refractivity contribution in [2.45, 2.75) is 18.9 Å². The number of rotatable bonds is 1. The van der Waals surface area contributed by atoms with Crippen LogP contribution in [0.5, 0.6) is 0 Å². The lowest BCUT2D eigenvalue weighted by Gasteiger charge is -2.12. The predicted molar refractivity (Wildman–Crippen MR) is 53.0 cm³/mol. The Bertz CT molecular complexity index is 349. The summed E-state index contributed by atoms with van der Waals surface area (Å²) in [5.41, 5.74) is 2.44. The number of carbonyl (C=O) groups excluding carboxylic acids is 1. The molecule has 1 aromatic carbocycles. The molecule has 1 atom stereocenters. The van der Waals surface area contributed by atoms with Crippen molar-refractivity contribution in [2.24, 2.45) is 0 Å². The lowest BCUT2D eigenvalue weighted by molar-refractivity contribution is 0.100. The minimum absolute atomic E-state index is 0.0638. The van der Waals surface area contributed by atoms with Crippen LogP contribution in [-0.2, 0) is 11.2 Å². The van der Waals surface area contributed by atoms with Crippen LogP contribution < -0.4 is 5.32 Å². The first kappa shape index (κ1) is 9.06. The molecule has 1 aliphatic carbocycles. The fourth-order valence-electron chi connectivity index (χ4n) is 1.83. The summed E-state index contributed by atoms with van der Waals surface area (Å²) in [5.74, 6) is 0. The van der Waals surface area contributed by atoms with Gasteiger partial charge < -0.3 is 10.1 Å². The van der Waals surface area contributed by atoms with Gasteiger partial charge in [-0.05, 0) is 24.0 Å². The molecular formula is C11H13NO2. The van der Waals surface area contributed by atoms with Crippen molar-refractivity contribution in [1.29, 1.82) is 0 Å². The third kappa shape index (κ3) is 1.58. The molecule has 1 aliphatic rings. The summed E-state index contributed by atoms with van der Waals surface area (Å²) in [7, 11) is 1.57. The second-order valence-electron chi connectivity index (χ2n) is 3.38. The fraction of sp³-hybridized carbons (Fsp3) is 0.364. The maximum atomic E-state index is 11.0. The van der Waals surface area contributed by atoms with E-state index in [4.69, 9.17) is 4.74 Å². The topological polar surface area (TPSA) is 38.3 Å². The van der Waals surface area contributed by atoms with Gasteiger partial charge in [0.2, 0.25) is 0 Å². The van der Waals surface area contributed by atoms with Gasteiger partial charge in [-0.2, -0.15) is 0 Å². The number of hydrogen-bond acceptors (Lipinski definition) is 2. The van der Waals surface area contributed by atoms with Crippen molar-refractivity contribution < 1.29 is 9.53 Å². The van der Waals surface area contributed by atoms with Crippen molar-refractivity contribution in [2.75, 3.05) is 7.05 Å². The molecule has 14 heavy (non-hydrogen) atoms. The molecule has 0 fully saturated rings. The van der Waals surface area contributed by atoms with Crippen molar-refractivity contribution in [1.82, 2.24) is 5.32 Å². The van der Waals surface area contributed by atoms with E-state index in [0.29, 0.717) is 0 Å². The van der Waals surface area contributed by atoms with Gasteiger partial charge in [-0.1, -0.05) is 24.3 Å². The minimum Gasteiger partial charge on any atom is -0.441 e. The van der Waals surface area contributed by atoms with E-state index in [9.17, 15) is 4.79 Å². The zero-order chi connectivity index (χ0) is 9.97. The molecule has 0 spiro atoms. The van der Waals surface area contributed by atoms with Gasteiger partial charge in [0.25, 0.3) is 0 Å². The summed E-state index contributed by atoms with van der Waals surface area (Å²) in [6.07, 6.45) is 1.47. The largest absolute Gasteiger partial charge is 0.441 e. The zero-order valence-electron chi connectivity index (χ0n) is 8.12. The molecule has 74 valence electrons. The number of ether oxygens (including phenoxy) is 1. The van der Waals surface area contributed by atoms with Gasteiger partial charge >= 0.3 is 6.09 Å². The number of aryl methyl sites for hydroxylation is 1. The first-order valence-corrected chi connectivity index (χ1v) is 4.77. The third-order valence-electron chi connectivity index (χ3n) is 2.53. The van der Waals surface area contributed by atoms with Crippen molar-refractivity contribution >= 4 is 6.09 Å². The average molecular weight is 191 g/mol. The van der Waals surface area contributed by atoms with Crippen LogP contribution in [0.15, 0.2) is 24.3 Å². The Morgan fingerprint density at radius 3 is 3.07 bits per heavy atom. The molecular weight excluding hydrogens is 178 g/mol. The van der Waals surface area contributed by atoms with E-state index in [0.717, 1.165) is 18.4 Å². The Kier molecular flexibility index (Phi) is 2.39. The van der Waals surface area contributed by atoms with Crippen LogP contribution in [0.1, 0.15) is 23.7 Å². The molecule has 3 heteroatoms. The van der Waals surface area contributed by atoms with Crippen LogP contribution in [-0.4, -0.2) is 13.1 Å². The Morgan fingerprint density at radius 2 is 2.29 bits per heavy atom. The minimum atomic E-state index is -0.355. The van der Waals surface area contributed by atoms with Gasteiger partial charge in [0.1, 0.15) is 6.10 Å². The summed E-state index contributed by atoms with van der Waals surface area (Å²) >= 11 is 0. The molecule has 0 unspecified atom stereocenters. The molecule has 0 radical (unpaired) electrons. The number of alkyl carbamates (subject to hydrolysis) is 1. The number of fused-ring (bicyclic) bond motifs is 1. The van der Waals surface area contributed by atoms with Gasteiger partial charge in [0.05, 0.1) is 0 Å². The monoisotopic (exact) mass is 191 g/mol. The molecule has 0 aromatic heterocycles. The van der Waals surface area contributed by atoms with Crippen molar-refractivity contribution in [3.8, 4) is 0 Å². The fourth-order valence-corrected chi connectivity index (χ4v) is 1.83. The summed E-state index contributed by atoms with van der Waals surface area (Å²) in [6, 6.07) is 8.10. The molecule has 0 saturated heterocycles. The van der Waals surface area contributed by atoms with Crippen molar-refractivity contribution in [3.63, 3.8) is 0 Å². The summed E-state index contributed by atoms with van der Waals surface area (Å²) in [4.78, 5) is 11.0. The van der Waals surface area contributed by atoms with Gasteiger partial charge in [-0.3, -0.25) is 0 Å². The number of benzene rings is 1. The molecule has 0 saturated carbocycles. The molecule has 0 heterocycles. The highest BCUT2D eigenvalue weighted by Crippen LogP contribution is 2.33. The van der Waals surface area contributed by atoms with Crippen LogP contribution in [0.25, 0.3) is 0 Å². The lowest BCUT2D eigenvalue weighted by atomic mass is 10.1. The summed E-state index contributed by atoms with van der Waals surface area (Å²) in [5, 5.41) is 2.46. The van der Waals surface area contributed by atoms with Crippen LogP contribution in [0.4, 0.5) is 4.79 Å². The number of carbonyl (C=O) groups is 1. The number of amides is 1. The molecule has 0 bridgehead atoms. The van der Waals surface area contributed by atoms with E-state index in [1.165, 1.54) is 5.56 Å². The number of hydrogen-bond donors (Lipinski definition) is 1. The maximum absolute atomic E-state index is 11.0. The van der Waals surface area contributed by atoms with E-state index in [1.54, 1.807) is 7.05 Å². The van der Waals surface area contributed by atoms with Gasteiger partial charge in [-0.15, -0.1) is 0 Å². The molecule has 2 rings (SSSR count). The van der Waals surface area contributed by atoms with Crippen LogP contribution in [0.3, 0.4) is 0 Å². The predicted octanol–water partition coefficient (Wildman–Crippen LogP) is 2.03. The lowest BCUT2D eigenvalue weighted by Crippen LogP contribution is -2.21. The van der Waals surface area contributed by atoms with E-state index in [-0.39, 0.29) is 12.2 Å². The third-order valence-corrected chi connectivity index (χ3v) is 2.53. The van der Waals surface area contributed by atoms with E-state index < -0.39 is 0 Å². The van der Waals surface area contributed by atoms with Crippen LogP contribution in [0.2, 0.25) is 0 Å². The smallest absolute Gasteiger partial charge is 0.407 e. The van der Waals surface area contributed by atoms with Gasteiger partial charge in [-0.25, -0.2) is 4.79 Å². The highest BCUT2D eigenvalue weighted by molar-refractivity contribution is 5.67. The van der Waals surface area contributed by atoms with Gasteiger partial charge in [0, 0.05) is 7.05 Å². The SMILES string of the molecule is CNC(=O)O[C@@H]1CCc2ccccc21. The summed E-state index contributed by atoms with van der Waals surface area (Å²) in [6.45, 7) is 0. The number of nitrogens with one attached hydrogen (secondary N) is 1. The first-order valence-electron chi connectivity index (χ1n) is 4.77. The Balaban J connectivity index is 2.14. The Morgan fingerprint density at radius 1 is 1.50 bits per heavy atom. The second kappa shape index (κ2) is 3.70. The molecule has 1 aromatic rings. The first-order chi connectivity index (χ1) is 6.81. The molecule has 3 nitrogen and oxygen atoms in total. The second-order valence-corrected chi connectivity index (χ2v) is 3.38. The highest BCUT2D eigenvalue weighted by Gasteiger charge is 2.24. The summed E-state index contributed by atoms with van der Waals surface area (Å²) < 4.78 is 5.24. The van der Waals surface area contributed by atoms with E-state index in [1.807, 2.05) is 18.2 Å². The van der Waals surface area contributed by atoms with E-state index >= 15 is 0 Å². The standard InChI is InChI=1S/C11H13NO2/c1-12-11(13)14-10-7-6-8-4-2-3-5-9(8)10/h2-5,10H,6-7H2,1H3,(H,12,13)/t10-/m1/s1. The van der Waals surface area contributed by atoms with Crippen LogP contribution in [0, 0.1) is 0 Å². The Labute approximate surface area is 83.1 Å². The quantitative estimate of drug-likeness (QED) is 0.737. The van der Waals surface area contributed by atoms with Crippen molar-refractivity contribution in [3.05, 3.63) is 35.4 Å². The van der Waals surface area contributed by atoms with Gasteiger partial charge in [0.15, 0.2) is 0 Å². The highest BCUT2D eigenvalue weighted by atomic mass is 16.6. The molecule has 1 amide bonds. The normalized spacial score (nSPS) is 18.8. The molecule has 0 aliphatic heterocycles. The molecule has 1 N–H and O–H groups in total. The Hall–Kier alpha value is -1.51. The van der Waals surface area contributed by atoms with Crippen LogP contribution >= 0.6 is 0 Å². The maximum Gasteiger partial charge on any atom is 0.407 e.